The summed E-state index contributed by atoms with van der Waals surface area (Å²) in [6.07, 6.45) is 0. The maximum atomic E-state index is 11.1. The maximum absolute atomic E-state index is 11.1. The predicted molar refractivity (Wildman–Crippen MR) is 69.6 cm³/mol. The van der Waals surface area contributed by atoms with Crippen molar-refractivity contribution in [2.24, 2.45) is 0 Å². The molecule has 0 aromatic heterocycles. The number of hydrogen-bond donors (Lipinski definition) is 1. The standard InChI is InChI=1S/C13H18ClNO2/c1-9(2)11-6-10(4-5-12(11)17-3)8-15-13(16)7-14/h4-6,9H,7-8H2,1-3H3,(H,15,16). The van der Waals surface area contributed by atoms with Crippen molar-refractivity contribution < 1.29 is 9.53 Å². The van der Waals surface area contributed by atoms with E-state index in [1.165, 1.54) is 0 Å². The molecule has 0 aliphatic carbocycles. The molecular formula is C13H18ClNO2. The minimum Gasteiger partial charge on any atom is -0.496 e. The molecule has 1 aromatic carbocycles. The molecule has 1 amide bonds. The Morgan fingerprint density at radius 1 is 1.47 bits per heavy atom. The van der Waals surface area contributed by atoms with Crippen molar-refractivity contribution in [2.75, 3.05) is 13.0 Å². The lowest BCUT2D eigenvalue weighted by atomic mass is 9.99. The number of carbonyl (C=O) groups excluding carboxylic acids is 1. The van der Waals surface area contributed by atoms with Crippen LogP contribution in [0.3, 0.4) is 0 Å². The van der Waals surface area contributed by atoms with Gasteiger partial charge >= 0.3 is 0 Å². The normalized spacial score (nSPS) is 10.4. The molecule has 0 spiro atoms. The molecule has 1 rings (SSSR count). The van der Waals surface area contributed by atoms with E-state index in [-0.39, 0.29) is 11.8 Å². The minimum atomic E-state index is -0.159. The first-order valence-electron chi connectivity index (χ1n) is 5.58. The Bertz CT molecular complexity index is 391. The van der Waals surface area contributed by atoms with E-state index >= 15 is 0 Å². The highest BCUT2D eigenvalue weighted by Crippen LogP contribution is 2.27. The molecule has 3 nitrogen and oxygen atoms in total. The summed E-state index contributed by atoms with van der Waals surface area (Å²) < 4.78 is 5.30. The van der Waals surface area contributed by atoms with Gasteiger partial charge in [0.05, 0.1) is 7.11 Å². The molecule has 0 saturated carbocycles. The molecule has 94 valence electrons. The summed E-state index contributed by atoms with van der Waals surface area (Å²) in [6.45, 7) is 4.72. The average molecular weight is 256 g/mol. The summed E-state index contributed by atoms with van der Waals surface area (Å²) in [7, 11) is 1.66. The zero-order valence-electron chi connectivity index (χ0n) is 10.4. The van der Waals surface area contributed by atoms with Gasteiger partial charge in [-0.05, 0) is 23.1 Å². The Kier molecular flexibility index (Phi) is 5.29. The van der Waals surface area contributed by atoms with Crippen molar-refractivity contribution in [2.45, 2.75) is 26.3 Å². The van der Waals surface area contributed by atoms with Crippen LogP contribution in [0.2, 0.25) is 0 Å². The molecule has 4 heteroatoms. The molecule has 0 bridgehead atoms. The molecule has 0 fully saturated rings. The van der Waals surface area contributed by atoms with Crippen LogP contribution >= 0.6 is 11.6 Å². The van der Waals surface area contributed by atoms with Gasteiger partial charge in [-0.25, -0.2) is 0 Å². The number of amides is 1. The highest BCUT2D eigenvalue weighted by Gasteiger charge is 2.08. The van der Waals surface area contributed by atoms with E-state index in [2.05, 4.69) is 25.2 Å². The van der Waals surface area contributed by atoms with Gasteiger partial charge in [0.1, 0.15) is 11.6 Å². The first kappa shape index (κ1) is 13.8. The lowest BCUT2D eigenvalue weighted by molar-refractivity contribution is -0.118. The van der Waals surface area contributed by atoms with Crippen molar-refractivity contribution in [1.82, 2.24) is 5.32 Å². The van der Waals surface area contributed by atoms with Crippen LogP contribution in [0.25, 0.3) is 0 Å². The number of alkyl halides is 1. The summed E-state index contributed by atoms with van der Waals surface area (Å²) >= 11 is 5.42. The van der Waals surface area contributed by atoms with Gasteiger partial charge in [-0.15, -0.1) is 11.6 Å². The fourth-order valence-electron chi connectivity index (χ4n) is 1.59. The molecule has 0 saturated heterocycles. The quantitative estimate of drug-likeness (QED) is 0.822. The first-order valence-corrected chi connectivity index (χ1v) is 6.11. The number of benzene rings is 1. The number of ether oxygens (including phenoxy) is 1. The second kappa shape index (κ2) is 6.50. The summed E-state index contributed by atoms with van der Waals surface area (Å²) in [5, 5.41) is 2.74. The lowest BCUT2D eigenvalue weighted by Gasteiger charge is -2.13. The Hall–Kier alpha value is -1.22. The van der Waals surface area contributed by atoms with Crippen LogP contribution in [-0.2, 0) is 11.3 Å². The van der Waals surface area contributed by atoms with Gasteiger partial charge < -0.3 is 10.1 Å². The van der Waals surface area contributed by atoms with Crippen LogP contribution in [-0.4, -0.2) is 18.9 Å². The second-order valence-corrected chi connectivity index (χ2v) is 4.41. The third kappa shape index (κ3) is 3.93. The topological polar surface area (TPSA) is 38.3 Å². The van der Waals surface area contributed by atoms with Gasteiger partial charge in [-0.3, -0.25) is 4.79 Å². The van der Waals surface area contributed by atoms with E-state index in [1.54, 1.807) is 7.11 Å². The minimum absolute atomic E-state index is 0.00675. The summed E-state index contributed by atoms with van der Waals surface area (Å²) in [5.41, 5.74) is 2.19. The Morgan fingerprint density at radius 3 is 2.71 bits per heavy atom. The SMILES string of the molecule is COc1ccc(CNC(=O)CCl)cc1C(C)C. The average Bonchev–Trinajstić information content (AvgIpc) is 2.35. The van der Waals surface area contributed by atoms with Crippen molar-refractivity contribution >= 4 is 17.5 Å². The van der Waals surface area contributed by atoms with Gasteiger partial charge in [0.2, 0.25) is 5.91 Å². The Labute approximate surface area is 107 Å². The van der Waals surface area contributed by atoms with Crippen LogP contribution in [0.15, 0.2) is 18.2 Å². The van der Waals surface area contributed by atoms with Gasteiger partial charge in [-0.1, -0.05) is 26.0 Å². The fourth-order valence-corrected chi connectivity index (χ4v) is 1.69. The fraction of sp³-hybridized carbons (Fsp3) is 0.462. The number of rotatable bonds is 5. The molecule has 1 aromatic rings. The lowest BCUT2D eigenvalue weighted by Crippen LogP contribution is -2.23. The van der Waals surface area contributed by atoms with Crippen LogP contribution in [0, 0.1) is 0 Å². The van der Waals surface area contributed by atoms with Crippen molar-refractivity contribution in [1.29, 1.82) is 0 Å². The van der Waals surface area contributed by atoms with E-state index < -0.39 is 0 Å². The molecule has 17 heavy (non-hydrogen) atoms. The molecule has 0 aliphatic heterocycles. The predicted octanol–water partition coefficient (Wildman–Crippen LogP) is 2.67. The molecule has 0 radical (unpaired) electrons. The van der Waals surface area contributed by atoms with E-state index in [0.29, 0.717) is 12.5 Å². The summed E-state index contributed by atoms with van der Waals surface area (Å²) in [5.74, 6) is 1.10. The second-order valence-electron chi connectivity index (χ2n) is 4.14. The largest absolute Gasteiger partial charge is 0.496 e. The molecule has 0 unspecified atom stereocenters. The van der Waals surface area contributed by atoms with E-state index in [0.717, 1.165) is 16.9 Å². The first-order chi connectivity index (χ1) is 8.08. The molecule has 0 atom stereocenters. The molecular weight excluding hydrogens is 238 g/mol. The van der Waals surface area contributed by atoms with Crippen molar-refractivity contribution in [3.8, 4) is 5.75 Å². The van der Waals surface area contributed by atoms with Crippen LogP contribution in [0.4, 0.5) is 0 Å². The molecule has 1 N–H and O–H groups in total. The zero-order chi connectivity index (χ0) is 12.8. The van der Waals surface area contributed by atoms with E-state index in [1.807, 2.05) is 12.1 Å². The van der Waals surface area contributed by atoms with Gasteiger partial charge in [0, 0.05) is 6.54 Å². The Morgan fingerprint density at radius 2 is 2.18 bits per heavy atom. The highest BCUT2D eigenvalue weighted by molar-refractivity contribution is 6.27. The highest BCUT2D eigenvalue weighted by atomic mass is 35.5. The molecule has 0 heterocycles. The van der Waals surface area contributed by atoms with Crippen LogP contribution in [0.1, 0.15) is 30.9 Å². The number of hydrogen-bond acceptors (Lipinski definition) is 2. The van der Waals surface area contributed by atoms with Gasteiger partial charge in [0.25, 0.3) is 0 Å². The summed E-state index contributed by atoms with van der Waals surface area (Å²) in [6, 6.07) is 5.93. The smallest absolute Gasteiger partial charge is 0.235 e. The van der Waals surface area contributed by atoms with Gasteiger partial charge in [0.15, 0.2) is 0 Å². The van der Waals surface area contributed by atoms with Gasteiger partial charge in [-0.2, -0.15) is 0 Å². The van der Waals surface area contributed by atoms with Crippen LogP contribution < -0.4 is 10.1 Å². The van der Waals surface area contributed by atoms with E-state index in [9.17, 15) is 4.79 Å². The zero-order valence-corrected chi connectivity index (χ0v) is 11.2. The van der Waals surface area contributed by atoms with Crippen molar-refractivity contribution in [3.63, 3.8) is 0 Å². The van der Waals surface area contributed by atoms with E-state index in [4.69, 9.17) is 16.3 Å². The maximum Gasteiger partial charge on any atom is 0.235 e. The van der Waals surface area contributed by atoms with Crippen LogP contribution in [0.5, 0.6) is 5.75 Å². The third-order valence-corrected chi connectivity index (χ3v) is 2.77. The Balaban J connectivity index is 2.81. The number of nitrogens with one attached hydrogen (secondary N) is 1. The number of carbonyl (C=O) groups is 1. The number of methoxy groups -OCH3 is 1. The monoisotopic (exact) mass is 255 g/mol. The van der Waals surface area contributed by atoms with Crippen molar-refractivity contribution in [3.05, 3.63) is 29.3 Å². The third-order valence-electron chi connectivity index (χ3n) is 2.53. The summed E-state index contributed by atoms with van der Waals surface area (Å²) in [4.78, 5) is 11.1. The molecule has 0 aliphatic rings. The number of halogens is 1.